The molecule has 0 bridgehead atoms. The highest BCUT2D eigenvalue weighted by Gasteiger charge is 2.10. The Hall–Kier alpha value is -3.32. The molecule has 0 aliphatic rings. The summed E-state index contributed by atoms with van der Waals surface area (Å²) in [6.07, 6.45) is 0.687. The molecule has 3 aromatic rings. The fourth-order valence-corrected chi connectivity index (χ4v) is 3.59. The molecule has 0 aliphatic heterocycles. The Morgan fingerprint density at radius 2 is 1.48 bits per heavy atom. The third-order valence-electron chi connectivity index (χ3n) is 4.40. The van der Waals surface area contributed by atoms with Crippen LogP contribution in [0.15, 0.2) is 72.8 Å². The molecule has 3 aromatic carbocycles. The zero-order chi connectivity index (χ0) is 22.1. The number of ether oxygens (including phenoxy) is 1. The fraction of sp³-hybridized carbons (Fsp3) is 0.167. The lowest BCUT2D eigenvalue weighted by Crippen LogP contribution is -2.18. The number of amides is 2. The second-order valence-corrected chi connectivity index (χ2v) is 7.77. The molecule has 0 saturated carbocycles. The third-order valence-corrected chi connectivity index (χ3v) is 5.33. The first-order chi connectivity index (χ1) is 15.0. The van der Waals surface area contributed by atoms with E-state index in [2.05, 4.69) is 10.6 Å². The van der Waals surface area contributed by atoms with Crippen LogP contribution < -0.4 is 15.4 Å². The molecule has 0 unspecified atom stereocenters. The smallest absolute Gasteiger partial charge is 0.234 e. The van der Waals surface area contributed by atoms with Crippen molar-refractivity contribution in [2.75, 3.05) is 29.2 Å². The molecule has 0 saturated heterocycles. The summed E-state index contributed by atoms with van der Waals surface area (Å²) in [6.45, 7) is 0. The van der Waals surface area contributed by atoms with E-state index in [0.717, 1.165) is 16.9 Å². The Labute approximate surface area is 185 Å². The average Bonchev–Trinajstić information content (AvgIpc) is 2.76. The van der Waals surface area contributed by atoms with Crippen molar-refractivity contribution >= 4 is 35.0 Å². The van der Waals surface area contributed by atoms with Crippen molar-refractivity contribution < 1.29 is 18.7 Å². The highest BCUT2D eigenvalue weighted by atomic mass is 32.2. The minimum Gasteiger partial charge on any atom is -0.496 e. The fourth-order valence-electron chi connectivity index (χ4n) is 2.97. The van der Waals surface area contributed by atoms with Crippen LogP contribution in [0, 0.1) is 5.82 Å². The summed E-state index contributed by atoms with van der Waals surface area (Å²) >= 11 is 1.20. The summed E-state index contributed by atoms with van der Waals surface area (Å²) < 4.78 is 18.3. The number of carbonyl (C=O) groups is 2. The maximum Gasteiger partial charge on any atom is 0.234 e. The molecule has 0 aromatic heterocycles. The van der Waals surface area contributed by atoms with E-state index in [-0.39, 0.29) is 29.1 Å². The van der Waals surface area contributed by atoms with Gasteiger partial charge in [0.1, 0.15) is 11.6 Å². The molecule has 5 nitrogen and oxygen atoms in total. The maximum atomic E-state index is 12.9. The largest absolute Gasteiger partial charge is 0.496 e. The van der Waals surface area contributed by atoms with E-state index in [1.54, 1.807) is 13.2 Å². The molecular weight excluding hydrogens is 415 g/mol. The quantitative estimate of drug-likeness (QED) is 0.507. The van der Waals surface area contributed by atoms with Crippen molar-refractivity contribution in [2.24, 2.45) is 0 Å². The van der Waals surface area contributed by atoms with Gasteiger partial charge in [0.05, 0.1) is 18.6 Å². The molecule has 31 heavy (non-hydrogen) atoms. The Bertz CT molecular complexity index is 1030. The molecule has 7 heteroatoms. The number of hydrogen-bond donors (Lipinski definition) is 2. The van der Waals surface area contributed by atoms with Crippen molar-refractivity contribution in [3.63, 3.8) is 0 Å². The summed E-state index contributed by atoms with van der Waals surface area (Å²) in [5.41, 5.74) is 3.30. The lowest BCUT2D eigenvalue weighted by Gasteiger charge is -2.12. The number of benzene rings is 3. The van der Waals surface area contributed by atoms with Crippen LogP contribution in [0.2, 0.25) is 0 Å². The number of nitrogens with one attached hydrogen (secondary N) is 2. The first-order valence-electron chi connectivity index (χ1n) is 9.67. The molecule has 2 amide bonds. The van der Waals surface area contributed by atoms with Crippen molar-refractivity contribution in [3.05, 3.63) is 89.7 Å². The van der Waals surface area contributed by atoms with Gasteiger partial charge in [0.25, 0.3) is 0 Å². The number of anilines is 2. The van der Waals surface area contributed by atoms with Crippen LogP contribution in [-0.4, -0.2) is 30.4 Å². The Balaban J connectivity index is 1.50. The Kier molecular flexibility index (Phi) is 8.06. The van der Waals surface area contributed by atoms with Gasteiger partial charge in [0.15, 0.2) is 0 Å². The number of rotatable bonds is 9. The number of hydrogen-bond acceptors (Lipinski definition) is 4. The van der Waals surface area contributed by atoms with Gasteiger partial charge in [-0.05, 0) is 48.0 Å². The van der Waals surface area contributed by atoms with Crippen molar-refractivity contribution in [1.82, 2.24) is 0 Å². The van der Waals surface area contributed by atoms with E-state index >= 15 is 0 Å². The summed E-state index contributed by atoms with van der Waals surface area (Å²) in [6, 6.07) is 21.1. The van der Waals surface area contributed by atoms with Gasteiger partial charge in [0, 0.05) is 23.4 Å². The number of methoxy groups -OCH3 is 1. The van der Waals surface area contributed by atoms with Gasteiger partial charge in [-0.3, -0.25) is 9.59 Å². The van der Waals surface area contributed by atoms with E-state index in [1.807, 2.05) is 42.5 Å². The van der Waals surface area contributed by atoms with E-state index in [4.69, 9.17) is 4.74 Å². The van der Waals surface area contributed by atoms with E-state index in [9.17, 15) is 14.0 Å². The van der Waals surface area contributed by atoms with Gasteiger partial charge in [-0.1, -0.05) is 30.3 Å². The van der Waals surface area contributed by atoms with Gasteiger partial charge >= 0.3 is 0 Å². The SMILES string of the molecule is COc1ccc(NC(=O)CSCC(=O)Nc2ccc(F)cc2)cc1Cc1ccccc1. The second-order valence-electron chi connectivity index (χ2n) is 6.79. The molecule has 0 radical (unpaired) electrons. The van der Waals surface area contributed by atoms with E-state index in [0.29, 0.717) is 17.8 Å². The summed E-state index contributed by atoms with van der Waals surface area (Å²) in [7, 11) is 1.62. The average molecular weight is 439 g/mol. The molecule has 0 fully saturated rings. The number of carbonyl (C=O) groups excluding carboxylic acids is 2. The first-order valence-corrected chi connectivity index (χ1v) is 10.8. The zero-order valence-electron chi connectivity index (χ0n) is 17.1. The van der Waals surface area contributed by atoms with Crippen LogP contribution in [-0.2, 0) is 16.0 Å². The van der Waals surface area contributed by atoms with Crippen LogP contribution in [0.4, 0.5) is 15.8 Å². The van der Waals surface area contributed by atoms with Gasteiger partial charge in [-0.15, -0.1) is 11.8 Å². The molecule has 0 spiro atoms. The predicted octanol–water partition coefficient (Wildman–Crippen LogP) is 4.74. The molecule has 0 atom stereocenters. The Morgan fingerprint density at radius 3 is 2.13 bits per heavy atom. The van der Waals surface area contributed by atoms with Gasteiger partial charge in [-0.2, -0.15) is 0 Å². The minimum atomic E-state index is -0.366. The van der Waals surface area contributed by atoms with Crippen LogP contribution in [0.25, 0.3) is 0 Å². The van der Waals surface area contributed by atoms with Crippen LogP contribution in [0.3, 0.4) is 0 Å². The normalized spacial score (nSPS) is 10.4. The molecule has 2 N–H and O–H groups in total. The van der Waals surface area contributed by atoms with Gasteiger partial charge in [-0.25, -0.2) is 4.39 Å². The van der Waals surface area contributed by atoms with E-state index in [1.165, 1.54) is 36.0 Å². The van der Waals surface area contributed by atoms with Gasteiger partial charge < -0.3 is 15.4 Å². The summed E-state index contributed by atoms with van der Waals surface area (Å²) in [4.78, 5) is 24.2. The highest BCUT2D eigenvalue weighted by molar-refractivity contribution is 8.00. The lowest BCUT2D eigenvalue weighted by atomic mass is 10.0. The first kappa shape index (κ1) is 22.4. The van der Waals surface area contributed by atoms with Gasteiger partial charge in [0.2, 0.25) is 11.8 Å². The maximum absolute atomic E-state index is 12.9. The molecule has 3 rings (SSSR count). The molecule has 0 aliphatic carbocycles. The Morgan fingerprint density at radius 1 is 0.871 bits per heavy atom. The molecule has 0 heterocycles. The minimum absolute atomic E-state index is 0.118. The van der Waals surface area contributed by atoms with Crippen molar-refractivity contribution in [2.45, 2.75) is 6.42 Å². The predicted molar refractivity (Wildman–Crippen MR) is 123 cm³/mol. The second kappa shape index (κ2) is 11.2. The van der Waals surface area contributed by atoms with Crippen LogP contribution in [0.5, 0.6) is 5.75 Å². The van der Waals surface area contributed by atoms with Crippen molar-refractivity contribution in [3.8, 4) is 5.75 Å². The molecule has 160 valence electrons. The van der Waals surface area contributed by atoms with Crippen LogP contribution >= 0.6 is 11.8 Å². The standard InChI is InChI=1S/C24H23FN2O3S/c1-30-22-12-11-21(14-18(22)13-17-5-3-2-4-6-17)27-24(29)16-31-15-23(28)26-20-9-7-19(25)8-10-20/h2-12,14H,13,15-16H2,1H3,(H,26,28)(H,27,29). The third kappa shape index (κ3) is 7.15. The summed E-state index contributed by atoms with van der Waals surface area (Å²) in [5, 5.41) is 5.52. The van der Waals surface area contributed by atoms with Crippen LogP contribution in [0.1, 0.15) is 11.1 Å². The lowest BCUT2D eigenvalue weighted by molar-refractivity contribution is -0.114. The monoisotopic (exact) mass is 438 g/mol. The zero-order valence-corrected chi connectivity index (χ0v) is 17.9. The number of thioether (sulfide) groups is 1. The van der Waals surface area contributed by atoms with E-state index < -0.39 is 0 Å². The summed E-state index contributed by atoms with van der Waals surface area (Å²) in [5.74, 6) is 0.196. The molecular formula is C24H23FN2O3S. The highest BCUT2D eigenvalue weighted by Crippen LogP contribution is 2.25. The topological polar surface area (TPSA) is 67.4 Å². The van der Waals surface area contributed by atoms with Crippen molar-refractivity contribution in [1.29, 1.82) is 0 Å². The number of halogens is 1.